The Kier molecular flexibility index (Phi) is 3.94. The quantitative estimate of drug-likeness (QED) is 0.641. The first-order valence-electron chi connectivity index (χ1n) is 6.49. The van der Waals surface area contributed by atoms with E-state index in [1.54, 1.807) is 0 Å². The van der Waals surface area contributed by atoms with E-state index in [-0.39, 0.29) is 6.04 Å². The van der Waals surface area contributed by atoms with Gasteiger partial charge in [0.2, 0.25) is 0 Å². The summed E-state index contributed by atoms with van der Waals surface area (Å²) in [6.45, 7) is 6.43. The van der Waals surface area contributed by atoms with E-state index in [0.717, 1.165) is 17.6 Å². The number of nitrogens with one attached hydrogen (secondary N) is 1. The lowest BCUT2D eigenvalue weighted by atomic mass is 9.90. The van der Waals surface area contributed by atoms with Crippen LogP contribution in [0.3, 0.4) is 0 Å². The first-order valence-corrected chi connectivity index (χ1v) is 6.49. The molecule has 0 bridgehead atoms. The molecular weight excluding hydrogens is 222 g/mol. The summed E-state index contributed by atoms with van der Waals surface area (Å²) < 4.78 is 0. The molecule has 0 amide bonds. The molecule has 0 aliphatic rings. The summed E-state index contributed by atoms with van der Waals surface area (Å²) in [5.74, 6) is 6.24. The number of nitrogens with zero attached hydrogens (tertiary/aromatic N) is 1. The molecule has 0 aliphatic heterocycles. The van der Waals surface area contributed by atoms with Gasteiger partial charge in [-0.1, -0.05) is 38.5 Å². The van der Waals surface area contributed by atoms with E-state index in [1.165, 1.54) is 10.9 Å². The number of benzene rings is 1. The van der Waals surface area contributed by atoms with Gasteiger partial charge >= 0.3 is 0 Å². The molecule has 2 unspecified atom stereocenters. The molecule has 0 saturated heterocycles. The predicted molar refractivity (Wildman–Crippen MR) is 76.0 cm³/mol. The maximum absolute atomic E-state index is 5.75. The SMILES string of the molecule is CCC(C)C(NN)c1cc(C)nc2ccccc12. The number of para-hydroxylation sites is 1. The highest BCUT2D eigenvalue weighted by atomic mass is 15.2. The largest absolute Gasteiger partial charge is 0.271 e. The molecule has 2 rings (SSSR count). The molecule has 1 aromatic carbocycles. The van der Waals surface area contributed by atoms with Gasteiger partial charge < -0.3 is 0 Å². The second-order valence-corrected chi connectivity index (χ2v) is 4.90. The lowest BCUT2D eigenvalue weighted by Gasteiger charge is -2.24. The van der Waals surface area contributed by atoms with Gasteiger partial charge in [-0.3, -0.25) is 16.3 Å². The Balaban J connectivity index is 2.61. The Morgan fingerprint density at radius 3 is 2.72 bits per heavy atom. The fraction of sp³-hybridized carbons (Fsp3) is 0.400. The smallest absolute Gasteiger partial charge is 0.0708 e. The molecule has 0 aliphatic carbocycles. The van der Waals surface area contributed by atoms with Crippen molar-refractivity contribution in [2.45, 2.75) is 33.2 Å². The Bertz CT molecular complexity index is 536. The van der Waals surface area contributed by atoms with Crippen LogP contribution in [0.25, 0.3) is 10.9 Å². The second-order valence-electron chi connectivity index (χ2n) is 4.90. The van der Waals surface area contributed by atoms with E-state index >= 15 is 0 Å². The maximum Gasteiger partial charge on any atom is 0.0708 e. The third-order valence-electron chi connectivity index (χ3n) is 3.60. The molecule has 18 heavy (non-hydrogen) atoms. The molecule has 2 atom stereocenters. The van der Waals surface area contributed by atoms with Crippen molar-refractivity contribution in [3.05, 3.63) is 41.6 Å². The van der Waals surface area contributed by atoms with Crippen LogP contribution in [0.5, 0.6) is 0 Å². The van der Waals surface area contributed by atoms with Crippen LogP contribution in [0.1, 0.15) is 37.6 Å². The number of nitrogens with two attached hydrogens (primary N) is 1. The Hall–Kier alpha value is -1.45. The molecule has 0 fully saturated rings. The summed E-state index contributed by atoms with van der Waals surface area (Å²) in [4.78, 5) is 4.57. The van der Waals surface area contributed by atoms with E-state index in [2.05, 4.69) is 42.5 Å². The zero-order valence-corrected chi connectivity index (χ0v) is 11.3. The van der Waals surface area contributed by atoms with Crippen molar-refractivity contribution < 1.29 is 0 Å². The summed E-state index contributed by atoms with van der Waals surface area (Å²) in [5.41, 5.74) is 6.28. The first kappa shape index (κ1) is 13.0. The Morgan fingerprint density at radius 2 is 2.06 bits per heavy atom. The molecule has 2 aromatic rings. The Labute approximate surface area is 108 Å². The van der Waals surface area contributed by atoms with Gasteiger partial charge in [-0.15, -0.1) is 0 Å². The van der Waals surface area contributed by atoms with Crippen LogP contribution in [-0.2, 0) is 0 Å². The monoisotopic (exact) mass is 243 g/mol. The summed E-state index contributed by atoms with van der Waals surface area (Å²) in [6.07, 6.45) is 1.09. The molecule has 1 heterocycles. The van der Waals surface area contributed by atoms with E-state index in [4.69, 9.17) is 5.84 Å². The second kappa shape index (κ2) is 5.46. The van der Waals surface area contributed by atoms with Crippen molar-refractivity contribution >= 4 is 10.9 Å². The van der Waals surface area contributed by atoms with E-state index < -0.39 is 0 Å². The molecule has 3 nitrogen and oxygen atoms in total. The van der Waals surface area contributed by atoms with Gasteiger partial charge in [0.15, 0.2) is 0 Å². The number of aryl methyl sites for hydroxylation is 1. The third-order valence-corrected chi connectivity index (χ3v) is 3.60. The van der Waals surface area contributed by atoms with Crippen LogP contribution in [0.4, 0.5) is 0 Å². The van der Waals surface area contributed by atoms with E-state index in [0.29, 0.717) is 5.92 Å². The van der Waals surface area contributed by atoms with Crippen LogP contribution in [0.15, 0.2) is 30.3 Å². The predicted octanol–water partition coefficient (Wildman–Crippen LogP) is 3.09. The number of rotatable bonds is 4. The lowest BCUT2D eigenvalue weighted by molar-refractivity contribution is 0.385. The summed E-state index contributed by atoms with van der Waals surface area (Å²) in [5, 5.41) is 1.19. The molecule has 0 saturated carbocycles. The van der Waals surface area contributed by atoms with Gasteiger partial charge in [-0.25, -0.2) is 0 Å². The molecule has 0 spiro atoms. The van der Waals surface area contributed by atoms with Crippen molar-refractivity contribution in [2.75, 3.05) is 0 Å². The number of aromatic nitrogens is 1. The molecule has 3 N–H and O–H groups in total. The minimum Gasteiger partial charge on any atom is -0.271 e. The number of pyridine rings is 1. The van der Waals surface area contributed by atoms with Gasteiger partial charge in [0.1, 0.15) is 0 Å². The van der Waals surface area contributed by atoms with Gasteiger partial charge in [0.05, 0.1) is 5.52 Å². The zero-order chi connectivity index (χ0) is 13.1. The Morgan fingerprint density at radius 1 is 1.33 bits per heavy atom. The van der Waals surface area contributed by atoms with Crippen molar-refractivity contribution in [3.8, 4) is 0 Å². The molecular formula is C15H21N3. The van der Waals surface area contributed by atoms with Crippen molar-refractivity contribution in [1.82, 2.24) is 10.4 Å². The van der Waals surface area contributed by atoms with Crippen molar-refractivity contribution in [1.29, 1.82) is 0 Å². The standard InChI is InChI=1S/C15H21N3/c1-4-10(2)15(18-16)13-9-11(3)17-14-8-6-5-7-12(13)14/h5-10,15,18H,4,16H2,1-3H3. The van der Waals surface area contributed by atoms with Gasteiger partial charge in [-0.05, 0) is 30.5 Å². The van der Waals surface area contributed by atoms with Crippen LogP contribution < -0.4 is 11.3 Å². The summed E-state index contributed by atoms with van der Waals surface area (Å²) in [7, 11) is 0. The molecule has 0 radical (unpaired) electrons. The molecule has 96 valence electrons. The van der Waals surface area contributed by atoms with Crippen LogP contribution in [0, 0.1) is 12.8 Å². The van der Waals surface area contributed by atoms with E-state index in [1.807, 2.05) is 19.1 Å². The minimum atomic E-state index is 0.168. The van der Waals surface area contributed by atoms with Crippen molar-refractivity contribution in [3.63, 3.8) is 0 Å². The number of hydrogen-bond donors (Lipinski definition) is 2. The summed E-state index contributed by atoms with van der Waals surface area (Å²) >= 11 is 0. The molecule has 3 heteroatoms. The van der Waals surface area contributed by atoms with Gasteiger partial charge in [0, 0.05) is 17.1 Å². The summed E-state index contributed by atoms with van der Waals surface area (Å²) in [6, 6.07) is 10.5. The highest BCUT2D eigenvalue weighted by Gasteiger charge is 2.19. The average Bonchev–Trinajstić information content (AvgIpc) is 2.39. The van der Waals surface area contributed by atoms with Crippen LogP contribution in [-0.4, -0.2) is 4.98 Å². The van der Waals surface area contributed by atoms with E-state index in [9.17, 15) is 0 Å². The lowest BCUT2D eigenvalue weighted by Crippen LogP contribution is -2.32. The minimum absolute atomic E-state index is 0.168. The number of hydrazine groups is 1. The number of fused-ring (bicyclic) bond motifs is 1. The average molecular weight is 243 g/mol. The normalized spacial score (nSPS) is 14.7. The van der Waals surface area contributed by atoms with Crippen molar-refractivity contribution in [2.24, 2.45) is 11.8 Å². The van der Waals surface area contributed by atoms with Crippen LogP contribution >= 0.6 is 0 Å². The fourth-order valence-electron chi connectivity index (χ4n) is 2.39. The van der Waals surface area contributed by atoms with Gasteiger partial charge in [0.25, 0.3) is 0 Å². The fourth-order valence-corrected chi connectivity index (χ4v) is 2.39. The topological polar surface area (TPSA) is 50.9 Å². The third kappa shape index (κ3) is 2.37. The first-order chi connectivity index (χ1) is 8.67. The highest BCUT2D eigenvalue weighted by Crippen LogP contribution is 2.29. The molecule has 1 aromatic heterocycles. The maximum atomic E-state index is 5.75. The van der Waals surface area contributed by atoms with Gasteiger partial charge in [-0.2, -0.15) is 0 Å². The zero-order valence-electron chi connectivity index (χ0n) is 11.3. The number of hydrogen-bond acceptors (Lipinski definition) is 3. The highest BCUT2D eigenvalue weighted by molar-refractivity contribution is 5.82. The van der Waals surface area contributed by atoms with Crippen LogP contribution in [0.2, 0.25) is 0 Å².